The molecule has 2 rings (SSSR count). The molecule has 1 amide bonds. The Kier molecular flexibility index (Phi) is 7.80. The van der Waals surface area contributed by atoms with Crippen LogP contribution in [0.5, 0.6) is 5.75 Å². The normalized spacial score (nSPS) is 11.8. The zero-order valence-corrected chi connectivity index (χ0v) is 17.9. The number of carbonyl (C=O) groups excluding carboxylic acids is 1. The average Bonchev–Trinajstić information content (AvgIpc) is 2.66. The highest BCUT2D eigenvalue weighted by atomic mass is 16.5. The molecule has 0 aliphatic rings. The van der Waals surface area contributed by atoms with Crippen molar-refractivity contribution in [2.45, 2.75) is 60.5 Å². The number of hydrogen-bond acceptors (Lipinski definition) is 3. The summed E-state index contributed by atoms with van der Waals surface area (Å²) in [6.07, 6.45) is 0.825. The molecule has 0 unspecified atom stereocenters. The highest BCUT2D eigenvalue weighted by Crippen LogP contribution is 2.28. The average molecular weight is 381 g/mol. The van der Waals surface area contributed by atoms with Gasteiger partial charge >= 0.3 is 0 Å². The van der Waals surface area contributed by atoms with Gasteiger partial charge in [0.05, 0.1) is 0 Å². The number of nitrogens with one attached hydrogen (secondary N) is 1. The Balaban J connectivity index is 2.02. The van der Waals surface area contributed by atoms with Crippen molar-refractivity contribution < 1.29 is 9.53 Å². The van der Waals surface area contributed by atoms with E-state index in [0.717, 1.165) is 23.4 Å². The number of benzene rings is 2. The van der Waals surface area contributed by atoms with Gasteiger partial charge in [0.25, 0.3) is 5.91 Å². The van der Waals surface area contributed by atoms with E-state index in [0.29, 0.717) is 24.0 Å². The van der Waals surface area contributed by atoms with Crippen LogP contribution in [0.25, 0.3) is 0 Å². The smallest absolute Gasteiger partial charge is 0.271 e. The van der Waals surface area contributed by atoms with Gasteiger partial charge in [-0.15, -0.1) is 0 Å². The molecule has 0 radical (unpaired) electrons. The zero-order chi connectivity index (χ0) is 20.7. The third kappa shape index (κ3) is 5.95. The molecule has 0 saturated heterocycles. The molecule has 0 spiro atoms. The van der Waals surface area contributed by atoms with Gasteiger partial charge in [-0.05, 0) is 60.1 Å². The topological polar surface area (TPSA) is 50.7 Å². The quantitative estimate of drug-likeness (QED) is 0.461. The van der Waals surface area contributed by atoms with E-state index in [4.69, 9.17) is 4.74 Å². The van der Waals surface area contributed by atoms with Crippen LogP contribution in [-0.4, -0.2) is 11.6 Å². The Morgan fingerprint density at radius 2 is 1.75 bits per heavy atom. The molecule has 0 heterocycles. The van der Waals surface area contributed by atoms with Crippen molar-refractivity contribution >= 4 is 11.6 Å². The predicted molar refractivity (Wildman–Crippen MR) is 116 cm³/mol. The number of nitrogens with zero attached hydrogens (tertiary/aromatic N) is 1. The molecule has 0 aliphatic carbocycles. The van der Waals surface area contributed by atoms with Crippen LogP contribution < -0.4 is 10.2 Å². The van der Waals surface area contributed by atoms with Crippen molar-refractivity contribution in [2.24, 2.45) is 11.0 Å². The second-order valence-electron chi connectivity index (χ2n) is 7.73. The van der Waals surface area contributed by atoms with Gasteiger partial charge in [0.2, 0.25) is 0 Å². The fraction of sp³-hybridized carbons (Fsp3) is 0.417. The van der Waals surface area contributed by atoms with Crippen LogP contribution in [0.2, 0.25) is 0 Å². The maximum Gasteiger partial charge on any atom is 0.271 e. The van der Waals surface area contributed by atoms with Crippen LogP contribution in [0.15, 0.2) is 47.6 Å². The molecular formula is C24H32N2O2. The van der Waals surface area contributed by atoms with Gasteiger partial charge < -0.3 is 4.74 Å². The van der Waals surface area contributed by atoms with Crippen molar-refractivity contribution in [3.05, 3.63) is 64.7 Å². The molecule has 2 aromatic carbocycles. The Morgan fingerprint density at radius 1 is 1.07 bits per heavy atom. The fourth-order valence-corrected chi connectivity index (χ4v) is 2.96. The van der Waals surface area contributed by atoms with Crippen LogP contribution in [0, 0.1) is 12.8 Å². The third-order valence-corrected chi connectivity index (χ3v) is 4.73. The van der Waals surface area contributed by atoms with Gasteiger partial charge in [-0.1, -0.05) is 58.9 Å². The van der Waals surface area contributed by atoms with Gasteiger partial charge in [0.1, 0.15) is 12.4 Å². The Hall–Kier alpha value is -2.62. The molecule has 0 aliphatic heterocycles. The van der Waals surface area contributed by atoms with Gasteiger partial charge in [-0.2, -0.15) is 5.10 Å². The minimum Gasteiger partial charge on any atom is -0.489 e. The maximum atomic E-state index is 12.3. The van der Waals surface area contributed by atoms with Crippen LogP contribution in [0.3, 0.4) is 0 Å². The zero-order valence-electron chi connectivity index (χ0n) is 17.9. The summed E-state index contributed by atoms with van der Waals surface area (Å²) in [6, 6.07) is 13.8. The molecule has 4 heteroatoms. The van der Waals surface area contributed by atoms with E-state index < -0.39 is 0 Å². The summed E-state index contributed by atoms with van der Waals surface area (Å²) >= 11 is 0. The summed E-state index contributed by atoms with van der Waals surface area (Å²) in [4.78, 5) is 12.3. The van der Waals surface area contributed by atoms with Crippen LogP contribution >= 0.6 is 0 Å². The first-order chi connectivity index (χ1) is 13.3. The number of hydrazone groups is 1. The van der Waals surface area contributed by atoms with Gasteiger partial charge in [0, 0.05) is 11.3 Å². The monoisotopic (exact) mass is 380 g/mol. The van der Waals surface area contributed by atoms with Crippen LogP contribution in [-0.2, 0) is 6.61 Å². The molecule has 0 saturated carbocycles. The number of aryl methyl sites for hydroxylation is 1. The molecule has 0 aromatic heterocycles. The van der Waals surface area contributed by atoms with Crippen molar-refractivity contribution in [3.8, 4) is 5.75 Å². The minimum atomic E-state index is -0.195. The molecule has 0 bridgehead atoms. The lowest BCUT2D eigenvalue weighted by Gasteiger charge is -2.15. The first-order valence-electron chi connectivity index (χ1n) is 10.0. The first kappa shape index (κ1) is 21.7. The number of carbonyl (C=O) groups is 1. The highest BCUT2D eigenvalue weighted by Gasteiger charge is 2.10. The van der Waals surface area contributed by atoms with Crippen LogP contribution in [0.1, 0.15) is 74.0 Å². The van der Waals surface area contributed by atoms with E-state index in [1.165, 1.54) is 11.1 Å². The van der Waals surface area contributed by atoms with Gasteiger partial charge in [-0.3, -0.25) is 4.79 Å². The summed E-state index contributed by atoms with van der Waals surface area (Å²) in [5, 5.41) is 4.24. The van der Waals surface area contributed by atoms with E-state index in [9.17, 15) is 4.79 Å². The lowest BCUT2D eigenvalue weighted by molar-refractivity contribution is 0.0954. The molecule has 0 atom stereocenters. The first-order valence-corrected chi connectivity index (χ1v) is 10.0. The van der Waals surface area contributed by atoms with Crippen molar-refractivity contribution in [2.75, 3.05) is 0 Å². The molecule has 2 aromatic rings. The van der Waals surface area contributed by atoms with E-state index in [2.05, 4.69) is 63.3 Å². The summed E-state index contributed by atoms with van der Waals surface area (Å²) in [5.41, 5.74) is 7.63. The number of amides is 1. The van der Waals surface area contributed by atoms with E-state index in [1.54, 1.807) is 0 Å². The predicted octanol–water partition coefficient (Wildman–Crippen LogP) is 5.85. The van der Waals surface area contributed by atoms with Gasteiger partial charge in [-0.25, -0.2) is 5.43 Å². The third-order valence-electron chi connectivity index (χ3n) is 4.73. The Bertz CT molecular complexity index is 821. The lowest BCUT2D eigenvalue weighted by Crippen LogP contribution is -2.21. The van der Waals surface area contributed by atoms with E-state index in [1.807, 2.05) is 31.2 Å². The SMILES string of the molecule is CC/C(=N\NC(=O)c1ccc(COc2cc(C)ccc2C(C)C)cc1)C(C)C. The molecular weight excluding hydrogens is 348 g/mol. The summed E-state index contributed by atoms with van der Waals surface area (Å²) in [5.74, 6) is 1.45. The molecule has 4 nitrogen and oxygen atoms in total. The van der Waals surface area contributed by atoms with Crippen molar-refractivity contribution in [3.63, 3.8) is 0 Å². The van der Waals surface area contributed by atoms with Crippen molar-refractivity contribution in [1.82, 2.24) is 5.43 Å². The van der Waals surface area contributed by atoms with Gasteiger partial charge in [0.15, 0.2) is 0 Å². The minimum absolute atomic E-state index is 0.195. The number of rotatable bonds is 8. The number of ether oxygens (including phenoxy) is 1. The molecule has 1 N–H and O–H groups in total. The maximum absolute atomic E-state index is 12.3. The summed E-state index contributed by atoms with van der Waals surface area (Å²) in [6.45, 7) is 13.0. The summed E-state index contributed by atoms with van der Waals surface area (Å²) in [7, 11) is 0. The fourth-order valence-electron chi connectivity index (χ4n) is 2.96. The Labute approximate surface area is 169 Å². The second-order valence-corrected chi connectivity index (χ2v) is 7.73. The molecule has 28 heavy (non-hydrogen) atoms. The van der Waals surface area contributed by atoms with Crippen molar-refractivity contribution in [1.29, 1.82) is 0 Å². The number of hydrogen-bond donors (Lipinski definition) is 1. The van der Waals surface area contributed by atoms with E-state index >= 15 is 0 Å². The second kappa shape index (κ2) is 10.1. The largest absolute Gasteiger partial charge is 0.489 e. The summed E-state index contributed by atoms with van der Waals surface area (Å²) < 4.78 is 6.06. The molecule has 150 valence electrons. The molecule has 0 fully saturated rings. The lowest BCUT2D eigenvalue weighted by atomic mass is 10.0. The Morgan fingerprint density at radius 3 is 2.32 bits per heavy atom. The standard InChI is InChI=1S/C24H32N2O2/c1-7-22(17(4)5)25-26-24(27)20-11-9-19(10-12-20)15-28-23-14-18(6)8-13-21(23)16(2)3/h8-14,16-17H,7,15H2,1-6H3,(H,26,27)/b25-22+. The van der Waals surface area contributed by atoms with E-state index in [-0.39, 0.29) is 5.91 Å². The van der Waals surface area contributed by atoms with Crippen LogP contribution in [0.4, 0.5) is 0 Å². The highest BCUT2D eigenvalue weighted by molar-refractivity contribution is 5.95.